The second kappa shape index (κ2) is 3.81. The summed E-state index contributed by atoms with van der Waals surface area (Å²) in [4.78, 5) is 14.9. The van der Waals surface area contributed by atoms with Crippen molar-refractivity contribution in [2.24, 2.45) is 7.05 Å². The van der Waals surface area contributed by atoms with E-state index in [1.54, 1.807) is 6.33 Å². The van der Waals surface area contributed by atoms with Gasteiger partial charge in [-0.1, -0.05) is 12.6 Å². The van der Waals surface area contributed by atoms with Crippen molar-refractivity contribution < 1.29 is 9.90 Å². The summed E-state index contributed by atoms with van der Waals surface area (Å²) in [6.45, 7) is 3.51. The van der Waals surface area contributed by atoms with Gasteiger partial charge >= 0.3 is 5.97 Å². The predicted molar refractivity (Wildman–Crippen MR) is 61.2 cm³/mol. The first-order valence-electron chi connectivity index (χ1n) is 4.89. The standard InChI is InChI=1S/C12H12N2O2/c1-8(12(15)16)5-9-3-4-11-10(6-9)13-7-14(11)2/h3-4,6-7H,1,5H2,2H3,(H,15,16). The van der Waals surface area contributed by atoms with Gasteiger partial charge in [-0.2, -0.15) is 0 Å². The summed E-state index contributed by atoms with van der Waals surface area (Å²) in [7, 11) is 1.92. The largest absolute Gasteiger partial charge is 0.478 e. The quantitative estimate of drug-likeness (QED) is 0.795. The average Bonchev–Trinajstić information content (AvgIpc) is 2.60. The Bertz CT molecular complexity index is 569. The molecule has 1 aromatic heterocycles. The summed E-state index contributed by atoms with van der Waals surface area (Å²) < 4.78 is 1.92. The van der Waals surface area contributed by atoms with Crippen LogP contribution in [-0.4, -0.2) is 20.6 Å². The van der Waals surface area contributed by atoms with Crippen molar-refractivity contribution in [3.63, 3.8) is 0 Å². The molecule has 2 aromatic rings. The van der Waals surface area contributed by atoms with Crippen molar-refractivity contribution in [1.29, 1.82) is 0 Å². The fraction of sp³-hybridized carbons (Fsp3) is 0.167. The average molecular weight is 216 g/mol. The maximum atomic E-state index is 10.7. The van der Waals surface area contributed by atoms with Gasteiger partial charge in [0.15, 0.2) is 0 Å². The van der Waals surface area contributed by atoms with Gasteiger partial charge in [-0.05, 0) is 17.7 Å². The summed E-state index contributed by atoms with van der Waals surface area (Å²) in [6.07, 6.45) is 2.09. The Morgan fingerprint density at radius 1 is 1.56 bits per heavy atom. The summed E-state index contributed by atoms with van der Waals surface area (Å²) in [5, 5.41) is 8.74. The number of carboxylic acids is 1. The predicted octanol–water partition coefficient (Wildman–Crippen LogP) is 1.76. The van der Waals surface area contributed by atoms with Gasteiger partial charge in [-0.3, -0.25) is 0 Å². The van der Waals surface area contributed by atoms with Gasteiger partial charge < -0.3 is 9.67 Å². The van der Waals surface area contributed by atoms with Gasteiger partial charge in [-0.25, -0.2) is 9.78 Å². The van der Waals surface area contributed by atoms with Gasteiger partial charge in [0.2, 0.25) is 0 Å². The molecule has 16 heavy (non-hydrogen) atoms. The molecule has 4 heteroatoms. The highest BCUT2D eigenvalue weighted by Crippen LogP contribution is 2.15. The van der Waals surface area contributed by atoms with E-state index in [0.29, 0.717) is 6.42 Å². The smallest absolute Gasteiger partial charge is 0.331 e. The van der Waals surface area contributed by atoms with Crippen molar-refractivity contribution >= 4 is 17.0 Å². The van der Waals surface area contributed by atoms with Crippen molar-refractivity contribution in [2.45, 2.75) is 6.42 Å². The second-order valence-electron chi connectivity index (χ2n) is 3.76. The fourth-order valence-corrected chi connectivity index (χ4v) is 1.61. The van der Waals surface area contributed by atoms with E-state index in [0.717, 1.165) is 16.6 Å². The Kier molecular flexibility index (Phi) is 2.48. The highest BCUT2D eigenvalue weighted by atomic mass is 16.4. The van der Waals surface area contributed by atoms with Crippen molar-refractivity contribution in [3.8, 4) is 0 Å². The zero-order valence-electron chi connectivity index (χ0n) is 8.97. The summed E-state index contributed by atoms with van der Waals surface area (Å²) >= 11 is 0. The molecule has 0 saturated carbocycles. The summed E-state index contributed by atoms with van der Waals surface area (Å²) in [5.74, 6) is -0.957. The van der Waals surface area contributed by atoms with E-state index >= 15 is 0 Å². The monoisotopic (exact) mass is 216 g/mol. The first kappa shape index (κ1) is 10.4. The molecule has 1 aromatic carbocycles. The Morgan fingerprint density at radius 3 is 3.00 bits per heavy atom. The van der Waals surface area contributed by atoms with Crippen molar-refractivity contribution in [3.05, 3.63) is 42.2 Å². The van der Waals surface area contributed by atoms with E-state index < -0.39 is 5.97 Å². The molecule has 0 fully saturated rings. The van der Waals surface area contributed by atoms with Gasteiger partial charge in [-0.15, -0.1) is 0 Å². The Labute approximate surface area is 92.8 Å². The molecule has 0 spiro atoms. The first-order valence-corrected chi connectivity index (χ1v) is 4.89. The van der Waals surface area contributed by atoms with E-state index in [2.05, 4.69) is 11.6 Å². The molecular formula is C12H12N2O2. The number of benzene rings is 1. The zero-order valence-corrected chi connectivity index (χ0v) is 8.97. The van der Waals surface area contributed by atoms with Gasteiger partial charge in [0.05, 0.1) is 17.4 Å². The van der Waals surface area contributed by atoms with Crippen LogP contribution in [0.25, 0.3) is 11.0 Å². The van der Waals surface area contributed by atoms with Crippen LogP contribution in [0.4, 0.5) is 0 Å². The molecule has 1 heterocycles. The van der Waals surface area contributed by atoms with Crippen LogP contribution < -0.4 is 0 Å². The topological polar surface area (TPSA) is 55.1 Å². The Balaban J connectivity index is 2.33. The normalized spacial score (nSPS) is 10.6. The number of carbonyl (C=O) groups is 1. The SMILES string of the molecule is C=C(Cc1ccc2c(c1)ncn2C)C(=O)O. The van der Waals surface area contributed by atoms with E-state index in [9.17, 15) is 4.79 Å². The van der Waals surface area contributed by atoms with Crippen LogP contribution in [0, 0.1) is 0 Å². The van der Waals surface area contributed by atoms with E-state index in [1.165, 1.54) is 0 Å². The lowest BCUT2D eigenvalue weighted by atomic mass is 10.1. The lowest BCUT2D eigenvalue weighted by Crippen LogP contribution is -2.02. The minimum atomic E-state index is -0.957. The first-order chi connectivity index (χ1) is 7.58. The van der Waals surface area contributed by atoms with Crippen LogP contribution in [0.2, 0.25) is 0 Å². The zero-order chi connectivity index (χ0) is 11.7. The molecule has 0 unspecified atom stereocenters. The number of imidazole rings is 1. The molecule has 0 aliphatic heterocycles. The van der Waals surface area contributed by atoms with Crippen molar-refractivity contribution in [1.82, 2.24) is 9.55 Å². The third-order valence-corrected chi connectivity index (χ3v) is 2.51. The molecule has 0 radical (unpaired) electrons. The number of carboxylic acid groups (broad SMARTS) is 1. The molecule has 82 valence electrons. The van der Waals surface area contributed by atoms with Gasteiger partial charge in [0.1, 0.15) is 0 Å². The minimum Gasteiger partial charge on any atom is -0.478 e. The molecule has 0 atom stereocenters. The molecule has 1 N–H and O–H groups in total. The molecule has 2 rings (SSSR count). The summed E-state index contributed by atoms with van der Waals surface area (Å²) in [6, 6.07) is 5.73. The fourth-order valence-electron chi connectivity index (χ4n) is 1.61. The number of hydrogen-bond donors (Lipinski definition) is 1. The van der Waals surface area contributed by atoms with E-state index in [-0.39, 0.29) is 5.57 Å². The number of fused-ring (bicyclic) bond motifs is 1. The van der Waals surface area contributed by atoms with Crippen LogP contribution in [0.15, 0.2) is 36.7 Å². The Morgan fingerprint density at radius 2 is 2.31 bits per heavy atom. The molecule has 0 aliphatic carbocycles. The number of aromatic nitrogens is 2. The molecule has 0 amide bonds. The second-order valence-corrected chi connectivity index (χ2v) is 3.76. The van der Waals surface area contributed by atoms with Gasteiger partial charge in [0, 0.05) is 19.0 Å². The van der Waals surface area contributed by atoms with Crippen molar-refractivity contribution in [2.75, 3.05) is 0 Å². The third-order valence-electron chi connectivity index (χ3n) is 2.51. The van der Waals surface area contributed by atoms with Crippen LogP contribution in [0.3, 0.4) is 0 Å². The van der Waals surface area contributed by atoms with Crippen LogP contribution in [-0.2, 0) is 18.3 Å². The molecule has 0 saturated heterocycles. The van der Waals surface area contributed by atoms with Crippen LogP contribution in [0.5, 0.6) is 0 Å². The lowest BCUT2D eigenvalue weighted by Gasteiger charge is -2.01. The summed E-state index contributed by atoms with van der Waals surface area (Å²) in [5.41, 5.74) is 3.01. The maximum absolute atomic E-state index is 10.7. The van der Waals surface area contributed by atoms with Crippen LogP contribution in [0.1, 0.15) is 5.56 Å². The third kappa shape index (κ3) is 1.82. The minimum absolute atomic E-state index is 0.190. The highest BCUT2D eigenvalue weighted by molar-refractivity contribution is 5.86. The molecule has 0 aliphatic rings. The van der Waals surface area contributed by atoms with Gasteiger partial charge in [0.25, 0.3) is 0 Å². The number of aliphatic carboxylic acids is 1. The highest BCUT2D eigenvalue weighted by Gasteiger charge is 2.06. The number of aryl methyl sites for hydroxylation is 1. The number of rotatable bonds is 3. The van der Waals surface area contributed by atoms with Crippen LogP contribution >= 0.6 is 0 Å². The number of hydrogen-bond acceptors (Lipinski definition) is 2. The van der Waals surface area contributed by atoms with E-state index in [1.807, 2.05) is 29.8 Å². The molecule has 0 bridgehead atoms. The molecule has 4 nitrogen and oxygen atoms in total. The molecular weight excluding hydrogens is 204 g/mol. The Hall–Kier alpha value is -2.10. The number of nitrogens with zero attached hydrogens (tertiary/aromatic N) is 2. The van der Waals surface area contributed by atoms with E-state index in [4.69, 9.17) is 5.11 Å². The lowest BCUT2D eigenvalue weighted by molar-refractivity contribution is -0.132. The maximum Gasteiger partial charge on any atom is 0.331 e.